The van der Waals surface area contributed by atoms with Crippen molar-refractivity contribution in [3.05, 3.63) is 270 Å². The molecule has 0 aliphatic carbocycles. The van der Waals surface area contributed by atoms with E-state index < -0.39 is 133 Å². The number of aryl methyl sites for hydroxylation is 2. The summed E-state index contributed by atoms with van der Waals surface area (Å²) < 4.78 is 102. The zero-order valence-corrected chi connectivity index (χ0v) is 85.9. The molecule has 9 aliphatic heterocycles. The number of carbonyl (C=O) groups excluding carboxylic acids is 1. The van der Waals surface area contributed by atoms with Crippen LogP contribution in [0, 0.1) is 19.8 Å². The second-order valence-electron chi connectivity index (χ2n) is 37.7. The van der Waals surface area contributed by atoms with E-state index in [1.54, 1.807) is 61.3 Å². The van der Waals surface area contributed by atoms with Crippen molar-refractivity contribution in [3.63, 3.8) is 0 Å². The molecule has 9 fully saturated rings. The second-order valence-corrected chi connectivity index (χ2v) is 54.6. The number of methoxy groups -OCH3 is 3. The van der Waals surface area contributed by atoms with Crippen molar-refractivity contribution < 1.29 is 69.8 Å². The highest BCUT2D eigenvalue weighted by Crippen LogP contribution is 2.62. The molecular formula is C100H133N10O20P3Si3. The van der Waals surface area contributed by atoms with Gasteiger partial charge in [-0.25, -0.2) is 28.4 Å². The molecule has 18 rings (SSSR count). The second kappa shape index (κ2) is 45.9. The Morgan fingerprint density at radius 3 is 1.03 bits per heavy atom. The van der Waals surface area contributed by atoms with E-state index in [0.29, 0.717) is 62.9 Å². The summed E-state index contributed by atoms with van der Waals surface area (Å²) in [4.78, 5) is 84.3. The number of rotatable bonds is 35. The Labute approximate surface area is 802 Å². The molecular weight excluding hydrogens is 1840 g/mol. The first kappa shape index (κ1) is 101. The molecule has 136 heavy (non-hydrogen) atoms. The smallest absolute Gasteiger partial charge is 0.351 e. The predicted octanol–water partition coefficient (Wildman–Crippen LogP) is 11.6. The number of amides is 1. The predicted molar refractivity (Wildman–Crippen MR) is 536 cm³/mol. The first-order valence-electron chi connectivity index (χ1n) is 48.2. The molecule has 9 aromatic rings. The van der Waals surface area contributed by atoms with Crippen LogP contribution in [0.1, 0.15) is 122 Å². The number of carbonyl (C=O) groups is 1. The van der Waals surface area contributed by atoms with E-state index in [-0.39, 0.29) is 66.4 Å². The van der Waals surface area contributed by atoms with E-state index in [0.717, 1.165) is 76.3 Å². The van der Waals surface area contributed by atoms with Gasteiger partial charge in [-0.05, 0) is 95.8 Å². The van der Waals surface area contributed by atoms with Gasteiger partial charge in [0.05, 0.1) is 63.1 Å². The third-order valence-electron chi connectivity index (χ3n) is 28.6. The molecule has 12 heterocycles. The highest BCUT2D eigenvalue weighted by molar-refractivity contribution is 7.45. The minimum Gasteiger partial charge on any atom is -0.382 e. The number of nitrogens with zero attached hydrogens (tertiary/aromatic N) is 7. The maximum atomic E-state index is 13.1. The number of benzene rings is 6. The number of hydrogen-bond acceptors (Lipinski definition) is 24. The van der Waals surface area contributed by atoms with Gasteiger partial charge in [-0.1, -0.05) is 267 Å². The highest BCUT2D eigenvalue weighted by atomic mass is 31.2. The third kappa shape index (κ3) is 22.0. The maximum Gasteiger partial charge on any atom is 0.351 e. The molecule has 6 aromatic carbocycles. The summed E-state index contributed by atoms with van der Waals surface area (Å²) in [5, 5.41) is 11.1. The average Bonchev–Trinajstić information content (AvgIpc) is 1.62. The van der Waals surface area contributed by atoms with Crippen LogP contribution in [-0.4, -0.2) is 232 Å². The van der Waals surface area contributed by atoms with Crippen molar-refractivity contribution in [3.8, 4) is 0 Å². The molecule has 0 radical (unpaired) electrons. The normalized spacial score (nSPS) is 28.4. The molecule has 3 N–H and O–H groups in total. The quantitative estimate of drug-likeness (QED) is 0.0189. The minimum atomic E-state index is -2.15. The lowest BCUT2D eigenvalue weighted by Crippen LogP contribution is -2.58. The van der Waals surface area contributed by atoms with Crippen molar-refractivity contribution >= 4 is 92.6 Å². The van der Waals surface area contributed by atoms with Crippen LogP contribution in [0.3, 0.4) is 0 Å². The Morgan fingerprint density at radius 1 is 0.434 bits per heavy atom. The van der Waals surface area contributed by atoms with Crippen molar-refractivity contribution in [1.82, 2.24) is 42.7 Å². The van der Waals surface area contributed by atoms with E-state index >= 15 is 0 Å². The molecule has 9 aliphatic rings. The van der Waals surface area contributed by atoms with Gasteiger partial charge in [-0.15, -0.1) is 0 Å². The van der Waals surface area contributed by atoms with Gasteiger partial charge in [0.25, 0.3) is 36.7 Å². The number of nitrogens with one attached hydrogen (secondary N) is 3. The molecule has 30 nitrogen and oxygen atoms in total. The topological polar surface area (TPSA) is 313 Å². The average molecular weight is 1970 g/mol. The fourth-order valence-corrected chi connectivity index (χ4v) is 38.9. The summed E-state index contributed by atoms with van der Waals surface area (Å²) in [6.45, 7) is 24.5. The Balaban J connectivity index is 0.000000148. The molecule has 1 amide bonds. The van der Waals surface area contributed by atoms with Gasteiger partial charge in [-0.2, -0.15) is 4.98 Å². The first-order chi connectivity index (χ1) is 65.9. The van der Waals surface area contributed by atoms with Crippen LogP contribution >= 0.6 is 25.6 Å². The summed E-state index contributed by atoms with van der Waals surface area (Å²) in [6, 6.07) is 70.7. The van der Waals surface area contributed by atoms with E-state index in [4.69, 9.17) is 65.0 Å². The van der Waals surface area contributed by atoms with E-state index in [9.17, 15) is 28.8 Å². The Bertz CT molecular complexity index is 5370. The Kier molecular flexibility index (Phi) is 34.2. The Hall–Kier alpha value is -7.71. The molecule has 0 saturated carbocycles. The lowest BCUT2D eigenvalue weighted by molar-refractivity contribution is -0.118. The van der Waals surface area contributed by atoms with Crippen molar-refractivity contribution in [2.75, 3.05) is 72.7 Å². The number of hydrogen-bond donors (Lipinski definition) is 3. The van der Waals surface area contributed by atoms with Crippen LogP contribution in [0.4, 0.5) is 5.82 Å². The first-order valence-corrected chi connectivity index (χ1v) is 59.7. The van der Waals surface area contributed by atoms with Crippen LogP contribution in [0.5, 0.6) is 0 Å². The standard InChI is InChI=1S/C34H45N4O6PSi.2C33H44N3O7PSi/c1-6-27-30(31(41-4)33(42-27)37-21-19-29(36-34(37)40)35-32(39)23(2)3)44-45-38-20-13-18-26(38)28(43-45)22-46(5,24-14-9-7-10-15-24)25-16-11-8-12-17-25;2*1-5-27-29(30(40-20-19-39-3)32(41-27)35-21-23(2)31(37)34-33(35)38)43-44-36-18-12-17-26(36)28(42-44)22-45(4,24-13-8-6-9-14-24)25-15-10-7-11-16-25/h7-12,14-17,19,21,23,26-28,30-31,33H,6,13,18,20,22H2,1-5H3,(H,35,36,39,40);2*6-11,13-16,21,26-30,32H,5,12,17-20,22H2,1-4H3,(H,34,37,38)/t26-,27+,28+,30-,31?,33+,45-;26-,27+,28+,29-,30?,32+,44-;26-,27-,28+,29+,30?,32-,44+/m001/s1. The Morgan fingerprint density at radius 2 is 0.743 bits per heavy atom. The molecule has 36 heteroatoms. The lowest BCUT2D eigenvalue weighted by Gasteiger charge is -2.32. The van der Waals surface area contributed by atoms with E-state index in [1.165, 1.54) is 57.2 Å². The monoisotopic (exact) mass is 1970 g/mol. The van der Waals surface area contributed by atoms with Gasteiger partial charge >= 0.3 is 17.1 Å². The van der Waals surface area contributed by atoms with Gasteiger partial charge in [-0.3, -0.25) is 38.1 Å². The van der Waals surface area contributed by atoms with Crippen LogP contribution < -0.4 is 64.6 Å². The van der Waals surface area contributed by atoms with Crippen molar-refractivity contribution in [2.24, 2.45) is 5.92 Å². The lowest BCUT2D eigenvalue weighted by atomic mass is 10.1. The fraction of sp³-hybridized carbons (Fsp3) is 0.510. The zero-order chi connectivity index (χ0) is 95.5. The molecule has 3 aromatic heterocycles. The molecule has 9 saturated heterocycles. The molecule has 0 bridgehead atoms. The summed E-state index contributed by atoms with van der Waals surface area (Å²) in [6.07, 6.45) is 6.91. The van der Waals surface area contributed by atoms with Crippen molar-refractivity contribution in [2.45, 2.75) is 254 Å². The number of aromatic nitrogens is 6. The largest absolute Gasteiger partial charge is 0.382 e. The third-order valence-corrected chi connectivity index (χ3v) is 47.3. The minimum absolute atomic E-state index is 0.0335. The van der Waals surface area contributed by atoms with E-state index in [2.05, 4.69) is 236 Å². The number of aromatic amines is 2. The van der Waals surface area contributed by atoms with Gasteiger partial charge < -0.3 is 70.4 Å². The number of fused-ring (bicyclic) bond motifs is 3. The van der Waals surface area contributed by atoms with Gasteiger partial charge in [0.15, 0.2) is 18.7 Å². The van der Waals surface area contributed by atoms with Gasteiger partial charge in [0.2, 0.25) is 5.91 Å². The molecule has 0 spiro atoms. The summed E-state index contributed by atoms with van der Waals surface area (Å²) in [5.74, 6) is -0.225. The van der Waals surface area contributed by atoms with Crippen LogP contribution in [0.2, 0.25) is 37.8 Å². The van der Waals surface area contributed by atoms with Gasteiger partial charge in [0, 0.05) is 94.7 Å². The maximum absolute atomic E-state index is 13.1. The SMILES string of the molecule is CC[C@H]1O[C@@H](n2cc(C)c(=O)[nH]c2=O)C(OCCOC)[C@H]1O[P@]1O[C@@H](C[Si](C)(c2ccccc2)c2ccccc2)[C@H]2CCCN21.CC[C@H]1O[C@@H](n2cc(C)c(=O)[nH]c2=O)C(OCCOC)[C@H]1O[P@]1O[C@H](C[Si](C)(c2ccccc2)c2ccccc2)[C@@H]2CCCN21.CC[C@H]1O[C@@H](n2ccc(NC(=O)C(C)C)nc2=O)C(OC)[C@H]1O[P@]1O[C@H](C[Si](C)(c2ccccc2)c2ccccc2)[C@@H]2CCCN21. The van der Waals surface area contributed by atoms with Crippen LogP contribution in [0.15, 0.2) is 231 Å². The summed E-state index contributed by atoms with van der Waals surface area (Å²) >= 11 is 0. The molecule has 3 unspecified atom stereocenters. The number of ether oxygens (including phenoxy) is 8. The van der Waals surface area contributed by atoms with Crippen LogP contribution in [0.25, 0.3) is 0 Å². The zero-order valence-electron chi connectivity index (χ0n) is 80.2. The summed E-state index contributed by atoms with van der Waals surface area (Å²) in [7, 11) is -5.74. The van der Waals surface area contributed by atoms with Crippen LogP contribution in [-0.2, 0) is 69.8 Å². The van der Waals surface area contributed by atoms with Crippen molar-refractivity contribution in [1.29, 1.82) is 0 Å². The highest BCUT2D eigenvalue weighted by Gasteiger charge is 2.59. The summed E-state index contributed by atoms with van der Waals surface area (Å²) in [5.41, 5.74) is -1.61. The number of anilines is 1. The number of H-pyrrole nitrogens is 2. The molecule has 21 atom stereocenters. The fourth-order valence-electron chi connectivity index (χ4n) is 21.0. The van der Waals surface area contributed by atoms with E-state index in [1.807, 2.05) is 20.8 Å². The van der Waals surface area contributed by atoms with Gasteiger partial charge in [0.1, 0.15) is 66.7 Å². The molecule has 730 valence electrons.